The van der Waals surface area contributed by atoms with Crippen LogP contribution in [0, 0.1) is 0 Å². The molecule has 0 amide bonds. The van der Waals surface area contributed by atoms with Crippen molar-refractivity contribution in [1.29, 1.82) is 0 Å². The molecule has 1 aromatic heterocycles. The summed E-state index contributed by atoms with van der Waals surface area (Å²) in [7, 11) is 0. The summed E-state index contributed by atoms with van der Waals surface area (Å²) in [6.45, 7) is 4.88. The number of piperidine rings is 1. The molecule has 0 atom stereocenters. The van der Waals surface area contributed by atoms with Crippen LogP contribution in [0.4, 0.5) is 0 Å². The minimum absolute atomic E-state index is 0.0846. The topological polar surface area (TPSA) is 39.9 Å². The van der Waals surface area contributed by atoms with Crippen molar-refractivity contribution in [3.63, 3.8) is 0 Å². The van der Waals surface area contributed by atoms with Gasteiger partial charge in [0.1, 0.15) is 11.3 Å². The third-order valence-corrected chi connectivity index (χ3v) is 4.82. The molecule has 2 aliphatic heterocycles. The first-order valence-electron chi connectivity index (χ1n) is 7.90. The molecule has 3 heterocycles. The predicted molar refractivity (Wildman–Crippen MR) is 82.1 cm³/mol. The van der Waals surface area contributed by atoms with Crippen LogP contribution < -0.4 is 0 Å². The number of fused-ring (bicyclic) bond motifs is 1. The Balaban J connectivity index is 1.34. The summed E-state index contributed by atoms with van der Waals surface area (Å²) >= 11 is 0. The number of aliphatic hydroxyl groups excluding tert-OH is 1. The smallest absolute Gasteiger partial charge is 0.134 e. The molecule has 4 heteroatoms. The Hall–Kier alpha value is -1.36. The molecule has 112 valence electrons. The lowest BCUT2D eigenvalue weighted by Gasteiger charge is -2.45. The Morgan fingerprint density at radius 3 is 2.62 bits per heavy atom. The number of aliphatic hydroxyl groups is 1. The number of rotatable bonds is 3. The van der Waals surface area contributed by atoms with Crippen LogP contribution in [-0.2, 0) is 6.54 Å². The normalized spacial score (nSPS) is 22.7. The molecule has 4 rings (SSSR count). The fourth-order valence-corrected chi connectivity index (χ4v) is 3.56. The van der Waals surface area contributed by atoms with Crippen LogP contribution in [0.25, 0.3) is 11.0 Å². The number of β-amino-alcohol motifs (C(OH)–C–C–N with tert-alkyl or cyclic N) is 1. The van der Waals surface area contributed by atoms with E-state index < -0.39 is 0 Å². The van der Waals surface area contributed by atoms with E-state index in [0.29, 0.717) is 6.04 Å². The lowest BCUT2D eigenvalue weighted by Crippen LogP contribution is -2.57. The van der Waals surface area contributed by atoms with Gasteiger partial charge in [0.2, 0.25) is 0 Å². The minimum atomic E-state index is -0.0846. The zero-order valence-electron chi connectivity index (χ0n) is 12.2. The van der Waals surface area contributed by atoms with Crippen molar-refractivity contribution in [2.45, 2.75) is 31.5 Å². The molecule has 2 saturated heterocycles. The molecule has 21 heavy (non-hydrogen) atoms. The van der Waals surface area contributed by atoms with E-state index in [0.717, 1.165) is 44.1 Å². The molecule has 2 aromatic rings. The highest BCUT2D eigenvalue weighted by molar-refractivity contribution is 5.77. The highest BCUT2D eigenvalue weighted by Crippen LogP contribution is 2.24. The summed E-state index contributed by atoms with van der Waals surface area (Å²) < 4.78 is 5.91. The summed E-state index contributed by atoms with van der Waals surface area (Å²) in [4.78, 5) is 4.90. The van der Waals surface area contributed by atoms with Crippen LogP contribution in [0.15, 0.2) is 34.7 Å². The lowest BCUT2D eigenvalue weighted by molar-refractivity contribution is -0.0405. The number of nitrogens with zero attached hydrogens (tertiary/aromatic N) is 2. The van der Waals surface area contributed by atoms with Crippen LogP contribution in [0.2, 0.25) is 0 Å². The number of para-hydroxylation sites is 1. The van der Waals surface area contributed by atoms with Crippen LogP contribution in [0.1, 0.15) is 18.6 Å². The predicted octanol–water partition coefficient (Wildman–Crippen LogP) is 2.07. The highest BCUT2D eigenvalue weighted by atomic mass is 16.3. The molecule has 0 spiro atoms. The van der Waals surface area contributed by atoms with Crippen LogP contribution >= 0.6 is 0 Å². The van der Waals surface area contributed by atoms with E-state index in [4.69, 9.17) is 4.42 Å². The zero-order valence-corrected chi connectivity index (χ0v) is 12.2. The summed E-state index contributed by atoms with van der Waals surface area (Å²) in [5.41, 5.74) is 0.983. The van der Waals surface area contributed by atoms with E-state index in [1.807, 2.05) is 12.1 Å². The van der Waals surface area contributed by atoms with Gasteiger partial charge < -0.3 is 9.52 Å². The molecule has 0 radical (unpaired) electrons. The second-order valence-electron chi connectivity index (χ2n) is 6.37. The van der Waals surface area contributed by atoms with Crippen LogP contribution in [0.3, 0.4) is 0 Å². The van der Waals surface area contributed by atoms with Gasteiger partial charge in [-0.2, -0.15) is 0 Å². The third-order valence-electron chi connectivity index (χ3n) is 4.82. The summed E-state index contributed by atoms with van der Waals surface area (Å²) in [5.74, 6) is 1.06. The first kappa shape index (κ1) is 13.3. The average Bonchev–Trinajstić information content (AvgIpc) is 2.87. The van der Waals surface area contributed by atoms with Crippen molar-refractivity contribution >= 4 is 11.0 Å². The Morgan fingerprint density at radius 2 is 1.90 bits per heavy atom. The minimum Gasteiger partial charge on any atom is -0.460 e. The zero-order chi connectivity index (χ0) is 14.2. The third kappa shape index (κ3) is 2.71. The Kier molecular flexibility index (Phi) is 3.45. The average molecular weight is 286 g/mol. The van der Waals surface area contributed by atoms with Gasteiger partial charge in [0.15, 0.2) is 0 Å². The molecule has 0 saturated carbocycles. The first-order valence-corrected chi connectivity index (χ1v) is 7.90. The standard InChI is InChI=1S/C17H22N2O2/c20-15-10-19(11-15)14-5-7-18(8-6-14)12-16-9-13-3-1-2-4-17(13)21-16/h1-4,9,14-15,20H,5-8,10-12H2. The molecule has 0 aliphatic carbocycles. The van der Waals surface area contributed by atoms with E-state index >= 15 is 0 Å². The number of benzene rings is 1. The van der Waals surface area contributed by atoms with E-state index in [1.54, 1.807) is 0 Å². The first-order chi connectivity index (χ1) is 10.3. The fraction of sp³-hybridized carbons (Fsp3) is 0.529. The Morgan fingerprint density at radius 1 is 1.14 bits per heavy atom. The van der Waals surface area contributed by atoms with Gasteiger partial charge in [-0.15, -0.1) is 0 Å². The molecule has 4 nitrogen and oxygen atoms in total. The Bertz CT molecular complexity index is 577. The van der Waals surface area contributed by atoms with Gasteiger partial charge in [-0.1, -0.05) is 18.2 Å². The van der Waals surface area contributed by atoms with E-state index in [2.05, 4.69) is 28.0 Å². The van der Waals surface area contributed by atoms with Crippen molar-refractivity contribution in [2.75, 3.05) is 26.2 Å². The summed E-state index contributed by atoms with van der Waals surface area (Å²) in [6.07, 6.45) is 2.32. The van der Waals surface area contributed by atoms with E-state index in [9.17, 15) is 5.11 Å². The summed E-state index contributed by atoms with van der Waals surface area (Å²) in [5, 5.41) is 10.6. The molecule has 0 bridgehead atoms. The van der Waals surface area contributed by atoms with Crippen molar-refractivity contribution in [3.8, 4) is 0 Å². The maximum atomic E-state index is 9.40. The van der Waals surface area contributed by atoms with E-state index in [-0.39, 0.29) is 6.10 Å². The maximum absolute atomic E-state index is 9.40. The van der Waals surface area contributed by atoms with Gasteiger partial charge in [-0.25, -0.2) is 0 Å². The molecule has 2 fully saturated rings. The van der Waals surface area contributed by atoms with Crippen molar-refractivity contribution in [1.82, 2.24) is 9.80 Å². The SMILES string of the molecule is OC1CN(C2CCN(Cc3cc4ccccc4o3)CC2)C1. The van der Waals surface area contributed by atoms with Crippen molar-refractivity contribution in [3.05, 3.63) is 36.1 Å². The van der Waals surface area contributed by atoms with Crippen molar-refractivity contribution in [2.24, 2.45) is 0 Å². The lowest BCUT2D eigenvalue weighted by atomic mass is 9.98. The number of furan rings is 1. The maximum Gasteiger partial charge on any atom is 0.134 e. The number of likely N-dealkylation sites (tertiary alicyclic amines) is 2. The Labute approximate surface area is 124 Å². The van der Waals surface area contributed by atoms with E-state index in [1.165, 1.54) is 18.2 Å². The number of hydrogen-bond acceptors (Lipinski definition) is 4. The molecular weight excluding hydrogens is 264 g/mol. The highest BCUT2D eigenvalue weighted by Gasteiger charge is 2.32. The second kappa shape index (κ2) is 5.44. The van der Waals surface area contributed by atoms with Gasteiger partial charge in [-0.3, -0.25) is 9.80 Å². The molecule has 0 unspecified atom stereocenters. The van der Waals surface area contributed by atoms with Crippen molar-refractivity contribution < 1.29 is 9.52 Å². The molecule has 1 aromatic carbocycles. The largest absolute Gasteiger partial charge is 0.460 e. The molecule has 2 aliphatic rings. The monoisotopic (exact) mass is 286 g/mol. The second-order valence-corrected chi connectivity index (χ2v) is 6.37. The van der Waals surface area contributed by atoms with Gasteiger partial charge in [0.25, 0.3) is 0 Å². The van der Waals surface area contributed by atoms with Gasteiger partial charge in [0.05, 0.1) is 12.6 Å². The number of hydrogen-bond donors (Lipinski definition) is 1. The quantitative estimate of drug-likeness (QED) is 0.938. The van der Waals surface area contributed by atoms with Gasteiger partial charge in [-0.05, 0) is 25.0 Å². The van der Waals surface area contributed by atoms with Crippen LogP contribution in [0.5, 0.6) is 0 Å². The van der Waals surface area contributed by atoms with Gasteiger partial charge in [0, 0.05) is 37.6 Å². The van der Waals surface area contributed by atoms with Crippen LogP contribution in [-0.4, -0.2) is 53.2 Å². The molecule has 1 N–H and O–H groups in total. The fourth-order valence-electron chi connectivity index (χ4n) is 3.56. The summed E-state index contributed by atoms with van der Waals surface area (Å²) in [6, 6.07) is 11.0. The molecular formula is C17H22N2O2. The van der Waals surface area contributed by atoms with Gasteiger partial charge >= 0.3 is 0 Å².